The molecule has 1 fully saturated rings. The summed E-state index contributed by atoms with van der Waals surface area (Å²) >= 11 is 4.78. The lowest BCUT2D eigenvalue weighted by Gasteiger charge is -2.38. The molecule has 0 aliphatic carbocycles. The number of thiophene rings is 1. The van der Waals surface area contributed by atoms with Crippen LogP contribution in [0.3, 0.4) is 0 Å². The molecule has 2 unspecified atom stereocenters. The fourth-order valence-corrected chi connectivity index (χ4v) is 6.14. The Kier molecular flexibility index (Phi) is 4.72. The highest BCUT2D eigenvalue weighted by Crippen LogP contribution is 2.30. The molecule has 0 amide bonds. The van der Waals surface area contributed by atoms with Gasteiger partial charge in [-0.05, 0) is 55.6 Å². The van der Waals surface area contributed by atoms with Crippen LogP contribution in [0.1, 0.15) is 38.0 Å². The van der Waals surface area contributed by atoms with Gasteiger partial charge >= 0.3 is 0 Å². The number of nitrogens with zero attached hydrogens (tertiary/aromatic N) is 1. The first-order valence-corrected chi connectivity index (χ1v) is 9.47. The highest BCUT2D eigenvalue weighted by Gasteiger charge is 2.30. The van der Waals surface area contributed by atoms with Gasteiger partial charge in [-0.15, -0.1) is 16.2 Å². The smallest absolute Gasteiger partial charge is 0.225 e. The number of aryl methyl sites for hydroxylation is 1. The summed E-state index contributed by atoms with van der Waals surface area (Å²) in [5.41, 5.74) is 0. The molecule has 0 aromatic carbocycles. The van der Waals surface area contributed by atoms with E-state index >= 15 is 0 Å². The van der Waals surface area contributed by atoms with E-state index < -0.39 is 10.0 Å². The van der Waals surface area contributed by atoms with Gasteiger partial charge < -0.3 is 0 Å². The minimum Gasteiger partial charge on any atom is -0.225 e. The summed E-state index contributed by atoms with van der Waals surface area (Å²) in [4.78, 5) is 3.93. The van der Waals surface area contributed by atoms with Crippen LogP contribution in [0.4, 0.5) is 0 Å². The average molecular weight is 367 g/mol. The second-order valence-electron chi connectivity index (χ2n) is 5.10. The van der Waals surface area contributed by atoms with Crippen LogP contribution in [-0.4, -0.2) is 25.5 Å². The van der Waals surface area contributed by atoms with E-state index in [2.05, 4.69) is 34.6 Å². The van der Waals surface area contributed by atoms with Crippen molar-refractivity contribution in [3.8, 4) is 0 Å². The molecule has 2 atom stereocenters. The predicted molar refractivity (Wildman–Crippen MR) is 81.7 cm³/mol. The van der Waals surface area contributed by atoms with Crippen molar-refractivity contribution >= 4 is 37.3 Å². The molecule has 0 radical (unpaired) electrons. The summed E-state index contributed by atoms with van der Waals surface area (Å²) in [7, 11) is -3.48. The minimum atomic E-state index is -3.48. The minimum absolute atomic E-state index is 0.237. The average Bonchev–Trinajstić information content (AvgIpc) is 2.64. The second kappa shape index (κ2) is 5.81. The Hall–Kier alpha value is 0.0500. The number of sulfonamides is 1. The SMILES string of the molecule is Cc1sc(Br)cc1S(=O)(=O)NN1C(C)CCCC1C. The quantitative estimate of drug-likeness (QED) is 0.892. The van der Waals surface area contributed by atoms with Gasteiger partial charge in [-0.1, -0.05) is 6.42 Å². The van der Waals surface area contributed by atoms with Crippen LogP contribution >= 0.6 is 27.3 Å². The molecule has 0 bridgehead atoms. The van der Waals surface area contributed by atoms with Gasteiger partial charge in [0.15, 0.2) is 0 Å². The van der Waals surface area contributed by atoms with E-state index in [-0.39, 0.29) is 12.1 Å². The first kappa shape index (κ1) is 15.4. The van der Waals surface area contributed by atoms with Crippen molar-refractivity contribution in [3.05, 3.63) is 14.7 Å². The molecule has 2 rings (SSSR count). The van der Waals surface area contributed by atoms with E-state index in [4.69, 9.17) is 0 Å². The summed E-state index contributed by atoms with van der Waals surface area (Å²) in [6.07, 6.45) is 3.21. The van der Waals surface area contributed by atoms with Gasteiger partial charge in [0.2, 0.25) is 0 Å². The van der Waals surface area contributed by atoms with Crippen LogP contribution < -0.4 is 4.83 Å². The Labute approximate surface area is 127 Å². The Bertz CT molecular complexity index is 546. The summed E-state index contributed by atoms with van der Waals surface area (Å²) in [5, 5.41) is 1.88. The van der Waals surface area contributed by atoms with Crippen molar-refractivity contribution in [2.45, 2.75) is 57.0 Å². The monoisotopic (exact) mass is 366 g/mol. The molecule has 108 valence electrons. The van der Waals surface area contributed by atoms with Crippen LogP contribution in [0.2, 0.25) is 0 Å². The number of hydrogen-bond acceptors (Lipinski definition) is 4. The third-order valence-electron chi connectivity index (χ3n) is 3.55. The molecule has 0 spiro atoms. The summed E-state index contributed by atoms with van der Waals surface area (Å²) < 4.78 is 25.8. The van der Waals surface area contributed by atoms with E-state index in [1.165, 1.54) is 11.3 Å². The second-order valence-corrected chi connectivity index (χ2v) is 9.37. The molecule has 1 aliphatic rings. The third kappa shape index (κ3) is 3.39. The standard InChI is InChI=1S/C12H19BrN2O2S2/c1-8-5-4-6-9(2)15(8)14-19(16,17)11-7-12(13)18-10(11)3/h7-9,14H,4-6H2,1-3H3. The number of nitrogens with one attached hydrogen (secondary N) is 1. The first-order chi connectivity index (χ1) is 8.81. The Morgan fingerprint density at radius 2 is 1.95 bits per heavy atom. The molecular weight excluding hydrogens is 348 g/mol. The van der Waals surface area contributed by atoms with Crippen molar-refractivity contribution in [1.29, 1.82) is 0 Å². The van der Waals surface area contributed by atoms with Gasteiger partial charge in [0.1, 0.15) is 0 Å². The molecule has 1 aromatic heterocycles. The number of hydrogen-bond donors (Lipinski definition) is 1. The van der Waals surface area contributed by atoms with E-state index in [0.717, 1.165) is 27.9 Å². The first-order valence-electron chi connectivity index (χ1n) is 6.38. The normalized spacial score (nSPS) is 25.7. The lowest BCUT2D eigenvalue weighted by Crippen LogP contribution is -2.53. The zero-order valence-electron chi connectivity index (χ0n) is 11.3. The zero-order chi connectivity index (χ0) is 14.2. The zero-order valence-corrected chi connectivity index (χ0v) is 14.5. The molecule has 7 heteroatoms. The van der Waals surface area contributed by atoms with Crippen LogP contribution in [-0.2, 0) is 10.0 Å². The molecule has 0 saturated carbocycles. The molecule has 4 nitrogen and oxygen atoms in total. The van der Waals surface area contributed by atoms with Gasteiger partial charge in [0, 0.05) is 17.0 Å². The van der Waals surface area contributed by atoms with Crippen LogP contribution in [0, 0.1) is 6.92 Å². The summed E-state index contributed by atoms with van der Waals surface area (Å²) in [6, 6.07) is 2.14. The molecule has 1 aliphatic heterocycles. The van der Waals surface area contributed by atoms with Crippen molar-refractivity contribution in [3.63, 3.8) is 0 Å². The van der Waals surface area contributed by atoms with Crippen LogP contribution in [0.5, 0.6) is 0 Å². The Morgan fingerprint density at radius 3 is 2.42 bits per heavy atom. The molecule has 19 heavy (non-hydrogen) atoms. The summed E-state index contributed by atoms with van der Waals surface area (Å²) in [6.45, 7) is 5.95. The molecule has 2 heterocycles. The van der Waals surface area contributed by atoms with Crippen molar-refractivity contribution in [2.24, 2.45) is 0 Å². The van der Waals surface area contributed by atoms with Gasteiger partial charge in [-0.25, -0.2) is 13.4 Å². The van der Waals surface area contributed by atoms with E-state index in [0.29, 0.717) is 4.90 Å². The summed E-state index contributed by atoms with van der Waals surface area (Å²) in [5.74, 6) is 0. The van der Waals surface area contributed by atoms with Crippen molar-refractivity contribution in [2.75, 3.05) is 0 Å². The predicted octanol–water partition coefficient (Wildman–Crippen LogP) is 3.28. The topological polar surface area (TPSA) is 49.4 Å². The molecule has 1 aromatic rings. The maximum atomic E-state index is 12.5. The number of halogens is 1. The van der Waals surface area contributed by atoms with Crippen molar-refractivity contribution < 1.29 is 8.42 Å². The van der Waals surface area contributed by atoms with Crippen molar-refractivity contribution in [1.82, 2.24) is 9.84 Å². The van der Waals surface area contributed by atoms with Gasteiger partial charge in [-0.2, -0.15) is 0 Å². The number of rotatable bonds is 3. The van der Waals surface area contributed by atoms with Crippen LogP contribution in [0.15, 0.2) is 14.7 Å². The van der Waals surface area contributed by atoms with E-state index in [1.54, 1.807) is 6.07 Å². The highest BCUT2D eigenvalue weighted by atomic mass is 79.9. The van der Waals surface area contributed by atoms with E-state index in [9.17, 15) is 8.42 Å². The third-order valence-corrected chi connectivity index (χ3v) is 6.69. The Morgan fingerprint density at radius 1 is 1.37 bits per heavy atom. The fraction of sp³-hybridized carbons (Fsp3) is 0.667. The van der Waals surface area contributed by atoms with Gasteiger partial charge in [0.25, 0.3) is 10.0 Å². The van der Waals surface area contributed by atoms with E-state index in [1.807, 2.05) is 11.9 Å². The lowest BCUT2D eigenvalue weighted by molar-refractivity contribution is 0.0790. The van der Waals surface area contributed by atoms with Gasteiger partial charge in [-0.3, -0.25) is 0 Å². The fourth-order valence-electron chi connectivity index (χ4n) is 2.49. The highest BCUT2D eigenvalue weighted by molar-refractivity contribution is 9.11. The molecule has 1 saturated heterocycles. The maximum absolute atomic E-state index is 12.5. The largest absolute Gasteiger partial charge is 0.254 e. The number of hydrazine groups is 1. The Balaban J connectivity index is 2.23. The molecule has 1 N–H and O–H groups in total. The molecular formula is C12H19BrN2O2S2. The van der Waals surface area contributed by atoms with Gasteiger partial charge in [0.05, 0.1) is 8.68 Å². The maximum Gasteiger partial charge on any atom is 0.254 e. The van der Waals surface area contributed by atoms with Crippen LogP contribution in [0.25, 0.3) is 0 Å². The lowest BCUT2D eigenvalue weighted by atomic mass is 10.0. The number of piperidine rings is 1.